The second kappa shape index (κ2) is 5.03. The number of rotatable bonds is 3. The van der Waals surface area contributed by atoms with E-state index in [1.54, 1.807) is 0 Å². The van der Waals surface area contributed by atoms with Gasteiger partial charge in [-0.1, -0.05) is 45.0 Å². The van der Waals surface area contributed by atoms with Gasteiger partial charge < -0.3 is 5.11 Å². The van der Waals surface area contributed by atoms with Crippen LogP contribution in [0, 0.1) is 5.92 Å². The van der Waals surface area contributed by atoms with Gasteiger partial charge in [0.05, 0.1) is 5.60 Å². The lowest BCUT2D eigenvalue weighted by Crippen LogP contribution is -2.25. The van der Waals surface area contributed by atoms with Crippen LogP contribution < -0.4 is 0 Å². The van der Waals surface area contributed by atoms with E-state index in [0.717, 1.165) is 24.2 Å². The van der Waals surface area contributed by atoms with Crippen LogP contribution in [0.4, 0.5) is 0 Å². The SMILES string of the molecule is CC(C)Cc1cccc(C2(O)CSC(C)C2)c1. The maximum atomic E-state index is 10.7. The van der Waals surface area contributed by atoms with E-state index in [1.807, 2.05) is 11.8 Å². The predicted octanol–water partition coefficient (Wildman–Crippen LogP) is 3.60. The Labute approximate surface area is 109 Å². The number of aliphatic hydroxyl groups is 1. The summed E-state index contributed by atoms with van der Waals surface area (Å²) in [7, 11) is 0. The lowest BCUT2D eigenvalue weighted by molar-refractivity contribution is 0.0611. The van der Waals surface area contributed by atoms with E-state index in [-0.39, 0.29) is 0 Å². The molecule has 1 aliphatic rings. The molecule has 2 heteroatoms. The van der Waals surface area contributed by atoms with Crippen molar-refractivity contribution in [2.75, 3.05) is 5.75 Å². The van der Waals surface area contributed by atoms with Gasteiger partial charge in [-0.15, -0.1) is 0 Å². The molecule has 0 aliphatic carbocycles. The van der Waals surface area contributed by atoms with E-state index in [4.69, 9.17) is 0 Å². The molecule has 0 amide bonds. The first kappa shape index (κ1) is 13.0. The second-order valence-electron chi connectivity index (χ2n) is 5.66. The number of hydrogen-bond donors (Lipinski definition) is 1. The number of thioether (sulfide) groups is 1. The lowest BCUT2D eigenvalue weighted by Gasteiger charge is -2.23. The summed E-state index contributed by atoms with van der Waals surface area (Å²) in [5.74, 6) is 1.50. The van der Waals surface area contributed by atoms with Crippen molar-refractivity contribution in [2.24, 2.45) is 5.92 Å². The zero-order valence-electron chi connectivity index (χ0n) is 10.9. The predicted molar refractivity (Wildman–Crippen MR) is 75.4 cm³/mol. The molecule has 0 saturated carbocycles. The summed E-state index contributed by atoms with van der Waals surface area (Å²) in [5, 5.41) is 11.2. The Kier molecular flexibility index (Phi) is 3.84. The first-order valence-electron chi connectivity index (χ1n) is 6.43. The van der Waals surface area contributed by atoms with E-state index in [1.165, 1.54) is 5.56 Å². The summed E-state index contributed by atoms with van der Waals surface area (Å²) in [6, 6.07) is 8.51. The molecule has 2 unspecified atom stereocenters. The molecule has 17 heavy (non-hydrogen) atoms. The molecule has 2 rings (SSSR count). The van der Waals surface area contributed by atoms with Crippen molar-refractivity contribution in [3.05, 3.63) is 35.4 Å². The normalized spacial score (nSPS) is 28.9. The van der Waals surface area contributed by atoms with Gasteiger partial charge in [-0.2, -0.15) is 11.8 Å². The molecular formula is C15H22OS. The lowest BCUT2D eigenvalue weighted by atomic mass is 9.89. The highest BCUT2D eigenvalue weighted by atomic mass is 32.2. The average molecular weight is 250 g/mol. The summed E-state index contributed by atoms with van der Waals surface area (Å²) >= 11 is 1.87. The molecule has 0 aromatic heterocycles. The third-order valence-electron chi connectivity index (χ3n) is 3.34. The van der Waals surface area contributed by atoms with Crippen molar-refractivity contribution in [1.29, 1.82) is 0 Å². The maximum absolute atomic E-state index is 10.7. The van der Waals surface area contributed by atoms with Gasteiger partial charge in [0, 0.05) is 11.0 Å². The van der Waals surface area contributed by atoms with Crippen LogP contribution >= 0.6 is 11.8 Å². The van der Waals surface area contributed by atoms with E-state index in [2.05, 4.69) is 45.0 Å². The molecule has 0 bridgehead atoms. The Bertz CT molecular complexity index is 388. The summed E-state index contributed by atoms with van der Waals surface area (Å²) in [6.45, 7) is 6.66. The van der Waals surface area contributed by atoms with Gasteiger partial charge in [0.15, 0.2) is 0 Å². The Hall–Kier alpha value is -0.470. The smallest absolute Gasteiger partial charge is 0.0997 e. The third kappa shape index (κ3) is 3.05. The van der Waals surface area contributed by atoms with E-state index >= 15 is 0 Å². The molecule has 2 atom stereocenters. The highest BCUT2D eigenvalue weighted by molar-refractivity contribution is 8.00. The van der Waals surface area contributed by atoms with Crippen LogP contribution in [0.25, 0.3) is 0 Å². The highest BCUT2D eigenvalue weighted by Gasteiger charge is 2.37. The van der Waals surface area contributed by atoms with Crippen LogP contribution in [0.15, 0.2) is 24.3 Å². The quantitative estimate of drug-likeness (QED) is 0.884. The summed E-state index contributed by atoms with van der Waals surface area (Å²) in [4.78, 5) is 0. The van der Waals surface area contributed by atoms with Crippen LogP contribution in [-0.2, 0) is 12.0 Å². The molecule has 1 aromatic carbocycles. The Morgan fingerprint density at radius 2 is 2.24 bits per heavy atom. The molecule has 1 fully saturated rings. The molecule has 0 radical (unpaired) electrons. The molecule has 1 saturated heterocycles. The first-order chi connectivity index (χ1) is 7.99. The Balaban J connectivity index is 2.21. The van der Waals surface area contributed by atoms with E-state index in [0.29, 0.717) is 11.2 Å². The fourth-order valence-electron chi connectivity index (χ4n) is 2.53. The van der Waals surface area contributed by atoms with Gasteiger partial charge in [0.2, 0.25) is 0 Å². The maximum Gasteiger partial charge on any atom is 0.0997 e. The largest absolute Gasteiger partial charge is 0.384 e. The monoisotopic (exact) mass is 250 g/mol. The van der Waals surface area contributed by atoms with Crippen LogP contribution in [0.2, 0.25) is 0 Å². The van der Waals surface area contributed by atoms with Crippen LogP contribution in [0.3, 0.4) is 0 Å². The minimum absolute atomic E-state index is 0.564. The van der Waals surface area contributed by atoms with E-state index in [9.17, 15) is 5.11 Å². The topological polar surface area (TPSA) is 20.2 Å². The minimum atomic E-state index is -0.600. The molecule has 94 valence electrons. The second-order valence-corrected chi connectivity index (χ2v) is 7.08. The summed E-state index contributed by atoms with van der Waals surface area (Å²) < 4.78 is 0. The summed E-state index contributed by atoms with van der Waals surface area (Å²) in [6.07, 6.45) is 1.97. The Morgan fingerprint density at radius 1 is 1.47 bits per heavy atom. The van der Waals surface area contributed by atoms with Crippen molar-refractivity contribution in [2.45, 2.75) is 44.5 Å². The van der Waals surface area contributed by atoms with Gasteiger partial charge in [0.25, 0.3) is 0 Å². The zero-order chi connectivity index (χ0) is 12.5. The van der Waals surface area contributed by atoms with Crippen molar-refractivity contribution in [1.82, 2.24) is 0 Å². The molecule has 1 aliphatic heterocycles. The zero-order valence-corrected chi connectivity index (χ0v) is 11.8. The van der Waals surface area contributed by atoms with Gasteiger partial charge in [-0.05, 0) is 29.9 Å². The van der Waals surface area contributed by atoms with Crippen LogP contribution in [-0.4, -0.2) is 16.1 Å². The Morgan fingerprint density at radius 3 is 2.82 bits per heavy atom. The number of benzene rings is 1. The fraction of sp³-hybridized carbons (Fsp3) is 0.600. The molecule has 1 N–H and O–H groups in total. The van der Waals surface area contributed by atoms with E-state index < -0.39 is 5.60 Å². The van der Waals surface area contributed by atoms with Gasteiger partial charge in [-0.3, -0.25) is 0 Å². The molecule has 1 aromatic rings. The molecule has 1 nitrogen and oxygen atoms in total. The molecule has 1 heterocycles. The fourth-order valence-corrected chi connectivity index (χ4v) is 3.77. The molecular weight excluding hydrogens is 228 g/mol. The van der Waals surface area contributed by atoms with Crippen molar-refractivity contribution < 1.29 is 5.11 Å². The third-order valence-corrected chi connectivity index (χ3v) is 4.72. The van der Waals surface area contributed by atoms with Crippen LogP contribution in [0.1, 0.15) is 38.3 Å². The summed E-state index contributed by atoms with van der Waals surface area (Å²) in [5.41, 5.74) is 1.85. The average Bonchev–Trinajstić information content (AvgIpc) is 2.59. The number of hydrogen-bond acceptors (Lipinski definition) is 2. The minimum Gasteiger partial charge on any atom is -0.384 e. The first-order valence-corrected chi connectivity index (χ1v) is 7.48. The standard InChI is InChI=1S/C15H22OS/c1-11(2)7-13-5-4-6-14(8-13)15(16)9-12(3)17-10-15/h4-6,8,11-12,16H,7,9-10H2,1-3H3. The van der Waals surface area contributed by atoms with Gasteiger partial charge in [-0.25, -0.2) is 0 Å². The van der Waals surface area contributed by atoms with Crippen molar-refractivity contribution >= 4 is 11.8 Å². The van der Waals surface area contributed by atoms with Gasteiger partial charge >= 0.3 is 0 Å². The molecule has 0 spiro atoms. The highest BCUT2D eigenvalue weighted by Crippen LogP contribution is 2.41. The van der Waals surface area contributed by atoms with Crippen molar-refractivity contribution in [3.8, 4) is 0 Å². The van der Waals surface area contributed by atoms with Crippen LogP contribution in [0.5, 0.6) is 0 Å². The van der Waals surface area contributed by atoms with Crippen molar-refractivity contribution in [3.63, 3.8) is 0 Å². The van der Waals surface area contributed by atoms with Gasteiger partial charge in [0.1, 0.15) is 0 Å².